The fraction of sp³-hybridized carbons (Fsp3) is 0.583. The summed E-state index contributed by atoms with van der Waals surface area (Å²) in [5.74, 6) is -0.696. The first-order valence-electron chi connectivity index (χ1n) is 5.72. The molecule has 98 valence electrons. The van der Waals surface area contributed by atoms with Crippen molar-refractivity contribution in [2.24, 2.45) is 5.41 Å². The second-order valence-electron chi connectivity index (χ2n) is 5.11. The molecular weight excluding hydrogens is 238 g/mol. The van der Waals surface area contributed by atoms with E-state index in [9.17, 15) is 14.4 Å². The lowest BCUT2D eigenvalue weighted by molar-refractivity contribution is -0.145. The van der Waals surface area contributed by atoms with Crippen molar-refractivity contribution < 1.29 is 23.9 Å². The quantitative estimate of drug-likeness (QED) is 0.637. The number of amides is 1. The molecule has 1 fully saturated rings. The van der Waals surface area contributed by atoms with Crippen LogP contribution in [0.5, 0.6) is 0 Å². The number of ketones is 1. The highest BCUT2D eigenvalue weighted by Gasteiger charge is 2.47. The van der Waals surface area contributed by atoms with Gasteiger partial charge in [-0.15, -0.1) is 0 Å². The average Bonchev–Trinajstić information content (AvgIpc) is 2.56. The van der Waals surface area contributed by atoms with Gasteiger partial charge in [-0.1, -0.05) is 19.9 Å². The van der Waals surface area contributed by atoms with Crippen LogP contribution in [-0.4, -0.2) is 48.5 Å². The summed E-state index contributed by atoms with van der Waals surface area (Å²) >= 11 is 0. The molecule has 2 aliphatic heterocycles. The number of hydrogen-bond acceptors (Lipinski definition) is 5. The third-order valence-corrected chi connectivity index (χ3v) is 2.96. The molecule has 0 unspecified atom stereocenters. The van der Waals surface area contributed by atoms with Gasteiger partial charge in [0.25, 0.3) is 0 Å². The highest BCUT2D eigenvalue weighted by molar-refractivity contribution is 5.94. The van der Waals surface area contributed by atoms with E-state index in [0.29, 0.717) is 6.54 Å². The van der Waals surface area contributed by atoms with Crippen LogP contribution in [0.4, 0.5) is 4.79 Å². The van der Waals surface area contributed by atoms with Crippen LogP contribution < -0.4 is 0 Å². The largest absolute Gasteiger partial charge is 0.462 e. The molecule has 6 heteroatoms. The smallest absolute Gasteiger partial charge is 0.411 e. The minimum Gasteiger partial charge on any atom is -0.462 e. The van der Waals surface area contributed by atoms with Gasteiger partial charge in [-0.05, 0) is 6.08 Å². The first kappa shape index (κ1) is 12.6. The van der Waals surface area contributed by atoms with Gasteiger partial charge >= 0.3 is 12.1 Å². The number of hydrogen-bond donors (Lipinski definition) is 0. The Kier molecular flexibility index (Phi) is 3.11. The zero-order valence-corrected chi connectivity index (χ0v) is 10.3. The predicted octanol–water partition coefficient (Wildman–Crippen LogP) is 0.516. The SMILES string of the molecule is CC1(C)COC(=O)[C@@H]1OC(=O)N1CC=CC(=O)C1. The van der Waals surface area contributed by atoms with Crippen molar-refractivity contribution in [1.82, 2.24) is 4.90 Å². The summed E-state index contributed by atoms with van der Waals surface area (Å²) in [7, 11) is 0. The fourth-order valence-electron chi connectivity index (χ4n) is 1.87. The average molecular weight is 253 g/mol. The summed E-state index contributed by atoms with van der Waals surface area (Å²) < 4.78 is 10.0. The third kappa shape index (κ3) is 2.37. The molecule has 2 heterocycles. The molecule has 2 rings (SSSR count). The van der Waals surface area contributed by atoms with Crippen LogP contribution in [0.2, 0.25) is 0 Å². The molecule has 1 saturated heterocycles. The molecule has 0 spiro atoms. The molecular formula is C12H15NO5. The number of esters is 1. The van der Waals surface area contributed by atoms with Gasteiger partial charge in [0.1, 0.15) is 6.61 Å². The lowest BCUT2D eigenvalue weighted by atomic mass is 9.90. The van der Waals surface area contributed by atoms with E-state index in [1.54, 1.807) is 19.9 Å². The zero-order valence-electron chi connectivity index (χ0n) is 10.3. The number of carbonyl (C=O) groups is 3. The Morgan fingerprint density at radius 2 is 2.22 bits per heavy atom. The van der Waals surface area contributed by atoms with Gasteiger partial charge in [0.05, 0.1) is 6.54 Å². The molecule has 1 atom stereocenters. The van der Waals surface area contributed by atoms with Gasteiger partial charge in [-0.3, -0.25) is 9.69 Å². The molecule has 0 saturated carbocycles. The lowest BCUT2D eigenvalue weighted by Gasteiger charge is -2.26. The number of carbonyl (C=O) groups excluding carboxylic acids is 3. The minimum absolute atomic E-state index is 0.0163. The molecule has 0 aromatic heterocycles. The molecule has 18 heavy (non-hydrogen) atoms. The van der Waals surface area contributed by atoms with Crippen LogP contribution in [0.1, 0.15) is 13.8 Å². The van der Waals surface area contributed by atoms with Gasteiger partial charge in [0.2, 0.25) is 6.10 Å². The van der Waals surface area contributed by atoms with Crippen molar-refractivity contribution in [3.63, 3.8) is 0 Å². The van der Waals surface area contributed by atoms with Crippen molar-refractivity contribution in [3.8, 4) is 0 Å². The van der Waals surface area contributed by atoms with Crippen molar-refractivity contribution in [2.75, 3.05) is 19.7 Å². The van der Waals surface area contributed by atoms with Gasteiger partial charge in [0, 0.05) is 12.0 Å². The number of cyclic esters (lactones) is 1. The number of nitrogens with zero attached hydrogens (tertiary/aromatic N) is 1. The van der Waals surface area contributed by atoms with Gasteiger partial charge in [-0.25, -0.2) is 9.59 Å². The molecule has 1 amide bonds. The zero-order chi connectivity index (χ0) is 13.3. The van der Waals surface area contributed by atoms with E-state index < -0.39 is 23.6 Å². The maximum absolute atomic E-state index is 11.8. The Morgan fingerprint density at radius 1 is 1.50 bits per heavy atom. The summed E-state index contributed by atoms with van der Waals surface area (Å²) in [5, 5.41) is 0. The molecule has 0 aliphatic carbocycles. The third-order valence-electron chi connectivity index (χ3n) is 2.96. The van der Waals surface area contributed by atoms with E-state index in [0.717, 1.165) is 0 Å². The van der Waals surface area contributed by atoms with Crippen LogP contribution in [0.15, 0.2) is 12.2 Å². The number of rotatable bonds is 1. The normalized spacial score (nSPS) is 26.1. The van der Waals surface area contributed by atoms with Crippen LogP contribution >= 0.6 is 0 Å². The van der Waals surface area contributed by atoms with E-state index in [-0.39, 0.29) is 18.9 Å². The van der Waals surface area contributed by atoms with Crippen molar-refractivity contribution in [1.29, 1.82) is 0 Å². The monoisotopic (exact) mass is 253 g/mol. The summed E-state index contributed by atoms with van der Waals surface area (Å²) in [6.45, 7) is 4.10. The fourth-order valence-corrected chi connectivity index (χ4v) is 1.87. The second kappa shape index (κ2) is 4.44. The highest BCUT2D eigenvalue weighted by atomic mass is 16.6. The molecule has 0 aromatic carbocycles. The standard InChI is InChI=1S/C12H15NO5/c1-12(2)7-17-10(15)9(12)18-11(16)13-5-3-4-8(14)6-13/h3-4,9H,5-7H2,1-2H3/t9-/m0/s1. The van der Waals surface area contributed by atoms with Crippen LogP contribution in [-0.2, 0) is 19.1 Å². The maximum atomic E-state index is 11.8. The van der Waals surface area contributed by atoms with Crippen LogP contribution in [0.3, 0.4) is 0 Å². The summed E-state index contributed by atoms with van der Waals surface area (Å²) in [6, 6.07) is 0. The van der Waals surface area contributed by atoms with Gasteiger partial charge in [0.15, 0.2) is 5.78 Å². The molecule has 0 radical (unpaired) electrons. The van der Waals surface area contributed by atoms with Crippen molar-refractivity contribution in [3.05, 3.63) is 12.2 Å². The van der Waals surface area contributed by atoms with E-state index in [2.05, 4.69) is 0 Å². The van der Waals surface area contributed by atoms with Gasteiger partial charge < -0.3 is 9.47 Å². The Hall–Kier alpha value is -1.85. The van der Waals surface area contributed by atoms with Crippen molar-refractivity contribution >= 4 is 17.8 Å². The van der Waals surface area contributed by atoms with Crippen LogP contribution in [0.25, 0.3) is 0 Å². The van der Waals surface area contributed by atoms with E-state index in [1.165, 1.54) is 11.0 Å². The molecule has 0 aromatic rings. The Labute approximate surface area is 105 Å². The number of ether oxygens (including phenoxy) is 2. The van der Waals surface area contributed by atoms with Crippen LogP contribution in [0, 0.1) is 5.41 Å². The summed E-state index contributed by atoms with van der Waals surface area (Å²) in [4.78, 5) is 35.7. The summed E-state index contributed by atoms with van der Waals surface area (Å²) in [6.07, 6.45) is 1.44. The topological polar surface area (TPSA) is 72.9 Å². The van der Waals surface area contributed by atoms with E-state index >= 15 is 0 Å². The molecule has 2 aliphatic rings. The molecule has 0 bridgehead atoms. The Morgan fingerprint density at radius 3 is 2.78 bits per heavy atom. The van der Waals surface area contributed by atoms with Gasteiger partial charge in [-0.2, -0.15) is 0 Å². The summed E-state index contributed by atoms with van der Waals surface area (Å²) in [5.41, 5.74) is -0.539. The van der Waals surface area contributed by atoms with E-state index in [1.807, 2.05) is 0 Å². The highest BCUT2D eigenvalue weighted by Crippen LogP contribution is 2.31. The van der Waals surface area contributed by atoms with E-state index in [4.69, 9.17) is 9.47 Å². The predicted molar refractivity (Wildman–Crippen MR) is 60.7 cm³/mol. The Balaban J connectivity index is 2.01. The first-order valence-corrected chi connectivity index (χ1v) is 5.72. The van der Waals surface area contributed by atoms with Crippen molar-refractivity contribution in [2.45, 2.75) is 20.0 Å². The maximum Gasteiger partial charge on any atom is 0.411 e. The first-order chi connectivity index (χ1) is 8.40. The minimum atomic E-state index is -0.911. The lowest BCUT2D eigenvalue weighted by Crippen LogP contribution is -2.43. The second-order valence-corrected chi connectivity index (χ2v) is 5.11. The molecule has 0 N–H and O–H groups in total. The Bertz CT molecular complexity index is 426. The molecule has 6 nitrogen and oxygen atoms in total.